The minimum Gasteiger partial charge on any atom is -0.454 e. The first kappa shape index (κ1) is 14.7. The second-order valence-corrected chi connectivity index (χ2v) is 6.38. The highest BCUT2D eigenvalue weighted by Crippen LogP contribution is 2.36. The summed E-state index contributed by atoms with van der Waals surface area (Å²) in [5, 5.41) is 3.46. The lowest BCUT2D eigenvalue weighted by Gasteiger charge is -2.22. The molecular weight excluding hydrogens is 336 g/mol. The van der Waals surface area contributed by atoms with Gasteiger partial charge in [0.05, 0.1) is 0 Å². The summed E-state index contributed by atoms with van der Waals surface area (Å²) < 4.78 is 11.7. The Bertz CT molecular complexity index is 550. The van der Waals surface area contributed by atoms with Crippen molar-refractivity contribution < 1.29 is 14.3 Å². The van der Waals surface area contributed by atoms with E-state index in [1.165, 1.54) is 0 Å². The summed E-state index contributed by atoms with van der Waals surface area (Å²) in [7, 11) is 0. The highest BCUT2D eigenvalue weighted by molar-refractivity contribution is 9.10. The number of fused-ring (bicyclic) bond motifs is 1. The molecule has 0 aliphatic carbocycles. The molecule has 3 rings (SSSR count). The highest BCUT2D eigenvalue weighted by Gasteiger charge is 2.22. The van der Waals surface area contributed by atoms with E-state index in [-0.39, 0.29) is 18.7 Å². The Kier molecular flexibility index (Phi) is 4.35. The van der Waals surface area contributed by atoms with Crippen LogP contribution in [0.1, 0.15) is 25.3 Å². The van der Waals surface area contributed by atoms with E-state index >= 15 is 0 Å². The van der Waals surface area contributed by atoms with Crippen LogP contribution in [0.3, 0.4) is 0 Å². The average Bonchev–Trinajstić information content (AvgIpc) is 3.05. The van der Waals surface area contributed by atoms with E-state index < -0.39 is 0 Å². The largest absolute Gasteiger partial charge is 0.454 e. The van der Waals surface area contributed by atoms with Gasteiger partial charge in [0.1, 0.15) is 0 Å². The molecule has 1 amide bonds. The summed E-state index contributed by atoms with van der Waals surface area (Å²) in [6.07, 6.45) is 1.68. The van der Waals surface area contributed by atoms with Crippen LogP contribution in [0.25, 0.3) is 0 Å². The molecular formula is C15H19BrN2O3. The fraction of sp³-hybridized carbons (Fsp3) is 0.533. The van der Waals surface area contributed by atoms with Gasteiger partial charge in [0.2, 0.25) is 12.7 Å². The topological polar surface area (TPSA) is 50.8 Å². The van der Waals surface area contributed by atoms with Crippen LogP contribution >= 0.6 is 15.9 Å². The van der Waals surface area contributed by atoms with E-state index in [0.29, 0.717) is 6.42 Å². The van der Waals surface area contributed by atoms with Gasteiger partial charge in [0, 0.05) is 36.6 Å². The molecule has 2 heterocycles. The second kappa shape index (κ2) is 6.23. The Hall–Kier alpha value is -1.27. The van der Waals surface area contributed by atoms with Crippen LogP contribution in [0.4, 0.5) is 0 Å². The van der Waals surface area contributed by atoms with Gasteiger partial charge in [-0.05, 0) is 31.0 Å². The lowest BCUT2D eigenvalue weighted by molar-refractivity contribution is -0.127. The summed E-state index contributed by atoms with van der Waals surface area (Å²) in [5.41, 5.74) is 1.12. The van der Waals surface area contributed by atoms with E-state index in [1.54, 1.807) is 0 Å². The number of likely N-dealkylation sites (tertiary alicyclic amines) is 1. The van der Waals surface area contributed by atoms with Crippen molar-refractivity contribution >= 4 is 21.8 Å². The van der Waals surface area contributed by atoms with Gasteiger partial charge in [0.25, 0.3) is 0 Å². The Balaban J connectivity index is 1.56. The Morgan fingerprint density at radius 2 is 2.14 bits per heavy atom. The predicted molar refractivity (Wildman–Crippen MR) is 82.4 cm³/mol. The van der Waals surface area contributed by atoms with Crippen molar-refractivity contribution in [1.82, 2.24) is 10.2 Å². The molecule has 1 fully saturated rings. The number of amides is 1. The van der Waals surface area contributed by atoms with Crippen molar-refractivity contribution in [2.75, 3.05) is 19.9 Å². The van der Waals surface area contributed by atoms with E-state index in [9.17, 15) is 4.79 Å². The first-order valence-electron chi connectivity index (χ1n) is 7.22. The Labute approximate surface area is 132 Å². The molecule has 0 aromatic heterocycles. The molecule has 114 valence electrons. The number of halogens is 1. The first-order valence-corrected chi connectivity index (χ1v) is 8.02. The van der Waals surface area contributed by atoms with Crippen LogP contribution in [0.5, 0.6) is 11.5 Å². The van der Waals surface area contributed by atoms with Gasteiger partial charge in [-0.3, -0.25) is 4.79 Å². The van der Waals surface area contributed by atoms with E-state index in [4.69, 9.17) is 9.47 Å². The van der Waals surface area contributed by atoms with Crippen molar-refractivity contribution in [3.63, 3.8) is 0 Å². The highest BCUT2D eigenvalue weighted by atomic mass is 79.9. The number of carbonyl (C=O) groups is 1. The monoisotopic (exact) mass is 354 g/mol. The van der Waals surface area contributed by atoms with Crippen LogP contribution in [0.2, 0.25) is 0 Å². The molecule has 1 aromatic rings. The lowest BCUT2D eigenvalue weighted by atomic mass is 10.2. The maximum atomic E-state index is 11.6. The minimum atomic E-state index is 0.254. The zero-order valence-corrected chi connectivity index (χ0v) is 13.6. The summed E-state index contributed by atoms with van der Waals surface area (Å²) in [6.45, 7) is 4.76. The third-order valence-electron chi connectivity index (χ3n) is 3.85. The number of hydrogen-bond acceptors (Lipinski definition) is 4. The van der Waals surface area contributed by atoms with Crippen molar-refractivity contribution in [1.29, 1.82) is 0 Å². The molecule has 1 atom stereocenters. The normalized spacial score (nSPS) is 18.4. The fourth-order valence-electron chi connectivity index (χ4n) is 2.67. The number of hydrogen-bond donors (Lipinski definition) is 1. The number of nitrogens with one attached hydrogen (secondary N) is 1. The molecule has 0 spiro atoms. The summed E-state index contributed by atoms with van der Waals surface area (Å²) in [5.74, 6) is 1.84. The molecule has 1 unspecified atom stereocenters. The molecule has 2 aliphatic heterocycles. The zero-order chi connectivity index (χ0) is 14.8. The van der Waals surface area contributed by atoms with Crippen molar-refractivity contribution in [2.24, 2.45) is 0 Å². The minimum absolute atomic E-state index is 0.254. The molecule has 1 saturated heterocycles. The Morgan fingerprint density at radius 1 is 1.38 bits per heavy atom. The van der Waals surface area contributed by atoms with Crippen LogP contribution in [-0.2, 0) is 11.3 Å². The molecule has 1 aromatic carbocycles. The van der Waals surface area contributed by atoms with Gasteiger partial charge in [-0.25, -0.2) is 0 Å². The van der Waals surface area contributed by atoms with Crippen LogP contribution in [0, 0.1) is 0 Å². The van der Waals surface area contributed by atoms with Crippen molar-refractivity contribution in [2.45, 2.75) is 32.4 Å². The molecule has 5 nitrogen and oxygen atoms in total. The number of ether oxygens (including phenoxy) is 2. The number of rotatable bonds is 5. The molecule has 0 radical (unpaired) electrons. The standard InChI is InChI=1S/C15H19BrN2O3/c1-10(8-18-4-2-3-15(18)19)17-7-11-5-13-14(6-12(11)16)21-9-20-13/h5-6,10,17H,2-4,7-9H2,1H3. The zero-order valence-electron chi connectivity index (χ0n) is 12.0. The first-order chi connectivity index (χ1) is 10.1. The van der Waals surface area contributed by atoms with Crippen LogP contribution in [0.15, 0.2) is 16.6 Å². The summed E-state index contributed by atoms with van der Waals surface area (Å²) in [4.78, 5) is 13.6. The maximum Gasteiger partial charge on any atom is 0.231 e. The number of carbonyl (C=O) groups excluding carboxylic acids is 1. The van der Waals surface area contributed by atoms with Crippen LogP contribution in [-0.4, -0.2) is 36.7 Å². The molecule has 1 N–H and O–H groups in total. The number of benzene rings is 1. The quantitative estimate of drug-likeness (QED) is 0.881. The maximum absolute atomic E-state index is 11.6. The van der Waals surface area contributed by atoms with Gasteiger partial charge in [-0.15, -0.1) is 0 Å². The Morgan fingerprint density at radius 3 is 2.86 bits per heavy atom. The van der Waals surface area contributed by atoms with Gasteiger partial charge >= 0.3 is 0 Å². The third kappa shape index (κ3) is 3.32. The van der Waals surface area contributed by atoms with Gasteiger partial charge < -0.3 is 19.7 Å². The summed E-state index contributed by atoms with van der Waals surface area (Å²) >= 11 is 3.56. The predicted octanol–water partition coefficient (Wildman–Crippen LogP) is 2.28. The van der Waals surface area contributed by atoms with Crippen molar-refractivity contribution in [3.8, 4) is 11.5 Å². The molecule has 0 bridgehead atoms. The van der Waals surface area contributed by atoms with Gasteiger partial charge in [-0.1, -0.05) is 15.9 Å². The van der Waals surface area contributed by atoms with E-state index in [1.807, 2.05) is 17.0 Å². The van der Waals surface area contributed by atoms with Gasteiger partial charge in [0.15, 0.2) is 11.5 Å². The summed E-state index contributed by atoms with van der Waals surface area (Å²) in [6, 6.07) is 4.19. The molecule has 21 heavy (non-hydrogen) atoms. The second-order valence-electron chi connectivity index (χ2n) is 5.52. The molecule has 0 saturated carbocycles. The molecule has 6 heteroatoms. The van der Waals surface area contributed by atoms with Gasteiger partial charge in [-0.2, -0.15) is 0 Å². The number of nitrogens with zero attached hydrogens (tertiary/aromatic N) is 1. The lowest BCUT2D eigenvalue weighted by Crippen LogP contribution is -2.39. The van der Waals surface area contributed by atoms with E-state index in [0.717, 1.165) is 47.6 Å². The molecule has 2 aliphatic rings. The van der Waals surface area contributed by atoms with E-state index in [2.05, 4.69) is 28.2 Å². The van der Waals surface area contributed by atoms with Crippen molar-refractivity contribution in [3.05, 3.63) is 22.2 Å². The third-order valence-corrected chi connectivity index (χ3v) is 4.59. The SMILES string of the molecule is CC(CN1CCCC1=O)NCc1cc2c(cc1Br)OCO2. The fourth-order valence-corrected chi connectivity index (χ4v) is 3.13. The smallest absolute Gasteiger partial charge is 0.231 e. The average molecular weight is 355 g/mol. The van der Waals surface area contributed by atoms with Crippen LogP contribution < -0.4 is 14.8 Å².